The Balaban J connectivity index is 3.14. The zero-order valence-electron chi connectivity index (χ0n) is 7.83. The summed E-state index contributed by atoms with van der Waals surface area (Å²) in [6.45, 7) is 7.52. The predicted octanol–water partition coefficient (Wildman–Crippen LogP) is 3.00. The fourth-order valence-corrected chi connectivity index (χ4v) is 1.44. The maximum absolute atomic E-state index is 8.90. The van der Waals surface area contributed by atoms with Gasteiger partial charge in [0.05, 0.1) is 0 Å². The fourth-order valence-electron chi connectivity index (χ4n) is 1.44. The first kappa shape index (κ1) is 9.27. The Morgan fingerprint density at radius 1 is 1.33 bits per heavy atom. The molecule has 12 heavy (non-hydrogen) atoms. The molecule has 1 aromatic carbocycles. The Kier molecular flexibility index (Phi) is 2.88. The zero-order valence-corrected chi connectivity index (χ0v) is 7.83. The van der Waals surface area contributed by atoms with Crippen molar-refractivity contribution in [1.82, 2.24) is 0 Å². The van der Waals surface area contributed by atoms with Gasteiger partial charge >= 0.3 is 0 Å². The number of rotatable bonds is 2. The number of hydrogen-bond acceptors (Lipinski definition) is 1. The van der Waals surface area contributed by atoms with E-state index in [1.807, 2.05) is 19.1 Å². The van der Waals surface area contributed by atoms with Crippen LogP contribution in [0.4, 0.5) is 0 Å². The third-order valence-electron chi connectivity index (χ3n) is 2.18. The van der Waals surface area contributed by atoms with Gasteiger partial charge in [-0.15, -0.1) is 0 Å². The molecule has 0 bridgehead atoms. The molecule has 0 fully saturated rings. The predicted molar refractivity (Wildman–Crippen MR) is 50.6 cm³/mol. The van der Waals surface area contributed by atoms with Crippen molar-refractivity contribution in [2.45, 2.75) is 26.7 Å². The van der Waals surface area contributed by atoms with E-state index in [4.69, 9.17) is 5.11 Å². The normalized spacial score (nSPS) is 10.8. The third kappa shape index (κ3) is 1.67. The highest BCUT2D eigenvalue weighted by Crippen LogP contribution is 2.21. The summed E-state index contributed by atoms with van der Waals surface area (Å²) in [5.41, 5.74) is 3.40. The zero-order chi connectivity index (χ0) is 9.14. The lowest BCUT2D eigenvalue weighted by atomic mass is 9.95. The second-order valence-corrected chi connectivity index (χ2v) is 3.35. The van der Waals surface area contributed by atoms with Crippen LogP contribution >= 0.6 is 0 Å². The van der Waals surface area contributed by atoms with Gasteiger partial charge in [0, 0.05) is 0 Å². The highest BCUT2D eigenvalue weighted by atomic mass is 16.3. The van der Waals surface area contributed by atoms with Crippen molar-refractivity contribution in [2.24, 2.45) is 0 Å². The topological polar surface area (TPSA) is 20.2 Å². The summed E-state index contributed by atoms with van der Waals surface area (Å²) in [5, 5.41) is 8.90. The van der Waals surface area contributed by atoms with Crippen LogP contribution in [0.15, 0.2) is 18.2 Å². The minimum absolute atomic E-state index is 0.518. The quantitative estimate of drug-likeness (QED) is 0.710. The van der Waals surface area contributed by atoms with E-state index in [2.05, 4.69) is 19.9 Å². The van der Waals surface area contributed by atoms with Crippen molar-refractivity contribution in [1.29, 1.82) is 0 Å². The summed E-state index contributed by atoms with van der Waals surface area (Å²) in [6, 6.07) is 6.00. The smallest absolute Gasteiger partial charge is 0.109 e. The fraction of sp³-hybridized carbons (Fsp3) is 0.364. The van der Waals surface area contributed by atoms with Crippen molar-refractivity contribution in [3.8, 4) is 0 Å². The second kappa shape index (κ2) is 3.72. The average molecular weight is 163 g/mol. The van der Waals surface area contributed by atoms with Gasteiger partial charge in [0.25, 0.3) is 0 Å². The number of aliphatic hydroxyl groups is 1. The Hall–Kier alpha value is -0.820. The van der Waals surface area contributed by atoms with E-state index < -0.39 is 0 Å². The number of hydrogen-bond donors (Lipinski definition) is 1. The summed E-state index contributed by atoms with van der Waals surface area (Å²) in [6.07, 6.45) is 0. The summed E-state index contributed by atoms with van der Waals surface area (Å²) >= 11 is 0. The molecule has 0 saturated carbocycles. The minimum Gasteiger partial charge on any atom is -0.385 e. The average Bonchev–Trinajstić information content (AvgIpc) is 2.04. The van der Waals surface area contributed by atoms with Gasteiger partial charge in [-0.3, -0.25) is 0 Å². The first-order valence-corrected chi connectivity index (χ1v) is 4.23. The molecule has 65 valence electrons. The molecule has 0 amide bonds. The lowest BCUT2D eigenvalue weighted by Crippen LogP contribution is -1.95. The van der Waals surface area contributed by atoms with Gasteiger partial charge in [-0.1, -0.05) is 32.0 Å². The van der Waals surface area contributed by atoms with E-state index >= 15 is 0 Å². The highest BCUT2D eigenvalue weighted by Gasteiger charge is 2.05. The molecule has 0 aliphatic heterocycles. The molecule has 1 rings (SSSR count). The molecule has 1 nitrogen and oxygen atoms in total. The van der Waals surface area contributed by atoms with Crippen molar-refractivity contribution in [3.63, 3.8) is 0 Å². The molecular weight excluding hydrogens is 148 g/mol. The standard InChI is InChI=1S/C11H15O/c1-8(2)11-6-4-5-10(7-12)9(11)3/h4-8,12H,1-3H3. The lowest BCUT2D eigenvalue weighted by molar-refractivity contribution is 0.414. The van der Waals surface area contributed by atoms with Gasteiger partial charge in [0.1, 0.15) is 6.61 Å². The van der Waals surface area contributed by atoms with Crippen LogP contribution in [0.3, 0.4) is 0 Å². The summed E-state index contributed by atoms with van der Waals surface area (Å²) in [5.74, 6) is 0.518. The van der Waals surface area contributed by atoms with Crippen LogP contribution in [0.2, 0.25) is 0 Å². The molecule has 1 aromatic rings. The van der Waals surface area contributed by atoms with E-state index in [1.165, 1.54) is 17.7 Å². The molecule has 1 N–H and O–H groups in total. The van der Waals surface area contributed by atoms with Crippen LogP contribution in [0.5, 0.6) is 0 Å². The Labute approximate surface area is 74.1 Å². The van der Waals surface area contributed by atoms with Gasteiger partial charge in [-0.05, 0) is 29.5 Å². The largest absolute Gasteiger partial charge is 0.385 e. The van der Waals surface area contributed by atoms with Crippen LogP contribution in [0.1, 0.15) is 36.5 Å². The van der Waals surface area contributed by atoms with E-state index in [9.17, 15) is 0 Å². The Morgan fingerprint density at radius 2 is 2.00 bits per heavy atom. The molecule has 1 heteroatoms. The van der Waals surface area contributed by atoms with Crippen molar-refractivity contribution in [3.05, 3.63) is 41.5 Å². The van der Waals surface area contributed by atoms with Crippen LogP contribution in [0.25, 0.3) is 0 Å². The summed E-state index contributed by atoms with van der Waals surface area (Å²) in [7, 11) is 0. The molecule has 0 heterocycles. The third-order valence-corrected chi connectivity index (χ3v) is 2.18. The maximum Gasteiger partial charge on any atom is 0.109 e. The first-order chi connectivity index (χ1) is 5.66. The van der Waals surface area contributed by atoms with Gasteiger partial charge in [-0.25, -0.2) is 0 Å². The van der Waals surface area contributed by atoms with Crippen LogP contribution in [0, 0.1) is 13.5 Å². The monoisotopic (exact) mass is 163 g/mol. The molecule has 0 aliphatic carbocycles. The van der Waals surface area contributed by atoms with E-state index in [1.54, 1.807) is 0 Å². The second-order valence-electron chi connectivity index (χ2n) is 3.35. The first-order valence-electron chi connectivity index (χ1n) is 4.23. The SMILES string of the molecule is Cc1c([CH]O)cccc1C(C)C. The van der Waals surface area contributed by atoms with Crippen LogP contribution in [-0.2, 0) is 0 Å². The highest BCUT2D eigenvalue weighted by molar-refractivity contribution is 5.38. The maximum atomic E-state index is 8.90. The molecule has 0 saturated heterocycles. The summed E-state index contributed by atoms with van der Waals surface area (Å²) in [4.78, 5) is 0. The van der Waals surface area contributed by atoms with Gasteiger partial charge < -0.3 is 5.11 Å². The summed E-state index contributed by atoms with van der Waals surface area (Å²) < 4.78 is 0. The molecule has 0 unspecified atom stereocenters. The molecule has 0 atom stereocenters. The van der Waals surface area contributed by atoms with Gasteiger partial charge in [0.2, 0.25) is 0 Å². The lowest BCUT2D eigenvalue weighted by Gasteiger charge is -2.11. The van der Waals surface area contributed by atoms with Gasteiger partial charge in [-0.2, -0.15) is 0 Å². The minimum atomic E-state index is 0.518. The molecule has 1 radical (unpaired) electrons. The van der Waals surface area contributed by atoms with Crippen LogP contribution in [-0.4, -0.2) is 5.11 Å². The molecule has 0 aliphatic rings. The van der Waals surface area contributed by atoms with Gasteiger partial charge in [0.15, 0.2) is 0 Å². The van der Waals surface area contributed by atoms with Crippen LogP contribution < -0.4 is 0 Å². The number of benzene rings is 1. The van der Waals surface area contributed by atoms with E-state index in [0.717, 1.165) is 5.56 Å². The number of aliphatic hydroxyl groups excluding tert-OH is 1. The van der Waals surface area contributed by atoms with E-state index in [-0.39, 0.29) is 0 Å². The molecule has 0 aromatic heterocycles. The molecule has 0 spiro atoms. The van der Waals surface area contributed by atoms with Crippen molar-refractivity contribution in [2.75, 3.05) is 0 Å². The molecular formula is C11H15O. The van der Waals surface area contributed by atoms with E-state index in [0.29, 0.717) is 5.92 Å². The van der Waals surface area contributed by atoms with Crippen molar-refractivity contribution >= 4 is 0 Å². The Morgan fingerprint density at radius 3 is 2.50 bits per heavy atom. The van der Waals surface area contributed by atoms with Crippen molar-refractivity contribution < 1.29 is 5.11 Å². The Bertz CT molecular complexity index is 264.